The highest BCUT2D eigenvalue weighted by atomic mass is 35.5. The van der Waals surface area contributed by atoms with Crippen LogP contribution in [0, 0.1) is 0 Å². The number of carboxylic acids is 1. The summed E-state index contributed by atoms with van der Waals surface area (Å²) in [5.74, 6) is 0.380. The standard InChI is InChI=1S/C22H20ClNO4/c1-27-21-11-6-17(22(25)26)12-20(21)24-13-15-4-9-19(10-5-15)28-14-16-2-7-18(23)8-3-16/h2-12,24H,13-14H2,1H3,(H,25,26). The van der Waals surface area contributed by atoms with E-state index < -0.39 is 5.97 Å². The van der Waals surface area contributed by atoms with Crippen LogP contribution in [0.4, 0.5) is 5.69 Å². The first-order valence-electron chi connectivity index (χ1n) is 8.66. The van der Waals surface area contributed by atoms with Gasteiger partial charge in [0, 0.05) is 11.6 Å². The van der Waals surface area contributed by atoms with Crippen molar-refractivity contribution in [2.75, 3.05) is 12.4 Å². The molecule has 0 aliphatic heterocycles. The van der Waals surface area contributed by atoms with Gasteiger partial charge in [-0.15, -0.1) is 0 Å². The van der Waals surface area contributed by atoms with Crippen molar-refractivity contribution in [1.29, 1.82) is 0 Å². The van der Waals surface area contributed by atoms with Gasteiger partial charge in [0.1, 0.15) is 18.1 Å². The molecule has 0 aliphatic rings. The predicted molar refractivity (Wildman–Crippen MR) is 110 cm³/mol. The molecule has 3 aromatic carbocycles. The number of halogens is 1. The Labute approximate surface area is 168 Å². The van der Waals surface area contributed by atoms with Gasteiger partial charge >= 0.3 is 5.97 Å². The van der Waals surface area contributed by atoms with E-state index in [9.17, 15) is 4.79 Å². The van der Waals surface area contributed by atoms with Crippen LogP contribution in [-0.4, -0.2) is 18.2 Å². The fourth-order valence-corrected chi connectivity index (χ4v) is 2.75. The van der Waals surface area contributed by atoms with Gasteiger partial charge < -0.3 is 19.9 Å². The molecule has 0 heterocycles. The van der Waals surface area contributed by atoms with Crippen LogP contribution in [0.15, 0.2) is 66.7 Å². The van der Waals surface area contributed by atoms with E-state index in [1.165, 1.54) is 6.07 Å². The molecule has 28 heavy (non-hydrogen) atoms. The SMILES string of the molecule is COc1ccc(C(=O)O)cc1NCc1ccc(OCc2ccc(Cl)cc2)cc1. The van der Waals surface area contributed by atoms with Gasteiger partial charge in [-0.3, -0.25) is 0 Å². The third-order valence-corrected chi connectivity index (χ3v) is 4.42. The first kappa shape index (κ1) is 19.6. The monoisotopic (exact) mass is 397 g/mol. The lowest BCUT2D eigenvalue weighted by atomic mass is 10.1. The molecule has 0 spiro atoms. The Hall–Kier alpha value is -3.18. The summed E-state index contributed by atoms with van der Waals surface area (Å²) >= 11 is 5.88. The third kappa shape index (κ3) is 5.18. The van der Waals surface area contributed by atoms with Gasteiger partial charge in [0.15, 0.2) is 0 Å². The number of rotatable bonds is 8. The normalized spacial score (nSPS) is 10.4. The van der Waals surface area contributed by atoms with Gasteiger partial charge in [-0.1, -0.05) is 35.9 Å². The second kappa shape index (κ2) is 9.15. The van der Waals surface area contributed by atoms with Gasteiger partial charge in [0.25, 0.3) is 0 Å². The number of benzene rings is 3. The Balaban J connectivity index is 1.59. The number of carbonyl (C=O) groups is 1. The van der Waals surface area contributed by atoms with E-state index in [0.29, 0.717) is 29.6 Å². The van der Waals surface area contributed by atoms with Crippen LogP contribution in [0.2, 0.25) is 5.02 Å². The largest absolute Gasteiger partial charge is 0.495 e. The van der Waals surface area contributed by atoms with Crippen molar-refractivity contribution < 1.29 is 19.4 Å². The van der Waals surface area contributed by atoms with Crippen molar-refractivity contribution in [3.8, 4) is 11.5 Å². The lowest BCUT2D eigenvalue weighted by Crippen LogP contribution is -2.04. The average Bonchev–Trinajstić information content (AvgIpc) is 2.72. The fraction of sp³-hybridized carbons (Fsp3) is 0.136. The maximum absolute atomic E-state index is 11.2. The van der Waals surface area contributed by atoms with Gasteiger partial charge in [-0.05, 0) is 53.6 Å². The molecule has 0 saturated heterocycles. The molecule has 0 aromatic heterocycles. The molecule has 3 aromatic rings. The molecule has 2 N–H and O–H groups in total. The van der Waals surface area contributed by atoms with Crippen LogP contribution in [0.5, 0.6) is 11.5 Å². The zero-order valence-corrected chi connectivity index (χ0v) is 16.1. The molecule has 0 unspecified atom stereocenters. The van der Waals surface area contributed by atoms with Gasteiger partial charge in [0.2, 0.25) is 0 Å². The minimum absolute atomic E-state index is 0.203. The van der Waals surface area contributed by atoms with Crippen molar-refractivity contribution >= 4 is 23.3 Å². The number of hydrogen-bond donors (Lipinski definition) is 2. The lowest BCUT2D eigenvalue weighted by molar-refractivity contribution is 0.0697. The van der Waals surface area contributed by atoms with E-state index in [1.54, 1.807) is 19.2 Å². The summed E-state index contributed by atoms with van der Waals surface area (Å²) in [6.45, 7) is 0.991. The van der Waals surface area contributed by atoms with Crippen LogP contribution in [0.3, 0.4) is 0 Å². The molecule has 0 saturated carbocycles. The Morgan fingerprint density at radius 3 is 2.32 bits per heavy atom. The number of carboxylic acid groups (broad SMARTS) is 1. The average molecular weight is 398 g/mol. The molecule has 0 amide bonds. The van der Waals surface area contributed by atoms with E-state index >= 15 is 0 Å². The summed E-state index contributed by atoms with van der Waals surface area (Å²) in [6, 6.07) is 20.0. The quantitative estimate of drug-likeness (QED) is 0.544. The first-order chi connectivity index (χ1) is 13.5. The third-order valence-electron chi connectivity index (χ3n) is 4.17. The Morgan fingerprint density at radius 2 is 1.68 bits per heavy atom. The number of aromatic carboxylic acids is 1. The van der Waals surface area contributed by atoms with E-state index in [0.717, 1.165) is 16.9 Å². The number of hydrogen-bond acceptors (Lipinski definition) is 4. The van der Waals surface area contributed by atoms with Crippen molar-refractivity contribution in [2.45, 2.75) is 13.2 Å². The second-order valence-corrected chi connectivity index (χ2v) is 6.57. The molecule has 5 nitrogen and oxygen atoms in total. The molecule has 6 heteroatoms. The maximum Gasteiger partial charge on any atom is 0.335 e. The van der Waals surface area contributed by atoms with Crippen molar-refractivity contribution in [2.24, 2.45) is 0 Å². The van der Waals surface area contributed by atoms with E-state index in [4.69, 9.17) is 26.2 Å². The fourth-order valence-electron chi connectivity index (χ4n) is 2.63. The van der Waals surface area contributed by atoms with Crippen LogP contribution in [0.1, 0.15) is 21.5 Å². The van der Waals surface area contributed by atoms with Crippen LogP contribution in [-0.2, 0) is 13.2 Å². The molecule has 0 atom stereocenters. The topological polar surface area (TPSA) is 67.8 Å². The molecular weight excluding hydrogens is 378 g/mol. The number of methoxy groups -OCH3 is 1. The summed E-state index contributed by atoms with van der Waals surface area (Å²) in [7, 11) is 1.55. The Morgan fingerprint density at radius 1 is 1.00 bits per heavy atom. The zero-order chi connectivity index (χ0) is 19.9. The summed E-state index contributed by atoms with van der Waals surface area (Å²) in [4.78, 5) is 11.2. The number of anilines is 1. The summed E-state index contributed by atoms with van der Waals surface area (Å²) in [6.07, 6.45) is 0. The number of ether oxygens (including phenoxy) is 2. The minimum Gasteiger partial charge on any atom is -0.495 e. The van der Waals surface area contributed by atoms with Gasteiger partial charge in [-0.25, -0.2) is 4.79 Å². The highest BCUT2D eigenvalue weighted by molar-refractivity contribution is 6.30. The van der Waals surface area contributed by atoms with E-state index in [1.807, 2.05) is 48.5 Å². The highest BCUT2D eigenvalue weighted by Gasteiger charge is 2.09. The van der Waals surface area contributed by atoms with Crippen LogP contribution in [0.25, 0.3) is 0 Å². The smallest absolute Gasteiger partial charge is 0.335 e. The molecule has 0 radical (unpaired) electrons. The first-order valence-corrected chi connectivity index (χ1v) is 9.04. The maximum atomic E-state index is 11.2. The zero-order valence-electron chi connectivity index (χ0n) is 15.3. The number of nitrogens with one attached hydrogen (secondary N) is 1. The Bertz CT molecular complexity index is 940. The molecule has 0 bridgehead atoms. The van der Waals surface area contributed by atoms with Crippen LogP contribution >= 0.6 is 11.6 Å². The van der Waals surface area contributed by atoms with Gasteiger partial charge in [-0.2, -0.15) is 0 Å². The molecule has 0 fully saturated rings. The van der Waals surface area contributed by atoms with Gasteiger partial charge in [0.05, 0.1) is 18.4 Å². The lowest BCUT2D eigenvalue weighted by Gasteiger charge is -2.12. The molecular formula is C22H20ClNO4. The molecule has 144 valence electrons. The summed E-state index contributed by atoms with van der Waals surface area (Å²) in [5, 5.41) is 13.1. The molecule has 0 aliphatic carbocycles. The summed E-state index contributed by atoms with van der Waals surface area (Å²) < 4.78 is 11.1. The highest BCUT2D eigenvalue weighted by Crippen LogP contribution is 2.26. The van der Waals surface area contributed by atoms with Crippen molar-refractivity contribution in [1.82, 2.24) is 0 Å². The second-order valence-electron chi connectivity index (χ2n) is 6.13. The van der Waals surface area contributed by atoms with Crippen LogP contribution < -0.4 is 14.8 Å². The van der Waals surface area contributed by atoms with E-state index in [2.05, 4.69) is 5.32 Å². The minimum atomic E-state index is -0.979. The predicted octanol–water partition coefficient (Wildman–Crippen LogP) is 5.24. The van der Waals surface area contributed by atoms with Crippen molar-refractivity contribution in [3.63, 3.8) is 0 Å². The van der Waals surface area contributed by atoms with E-state index in [-0.39, 0.29) is 5.56 Å². The Kier molecular flexibility index (Phi) is 6.40. The summed E-state index contributed by atoms with van der Waals surface area (Å²) in [5.41, 5.74) is 2.90. The molecule has 3 rings (SSSR count). The van der Waals surface area contributed by atoms with Crippen molar-refractivity contribution in [3.05, 3.63) is 88.4 Å².